The molecule has 0 bridgehead atoms. The number of nitrogens with one attached hydrogen (secondary N) is 1. The Bertz CT molecular complexity index is 1270. The molecule has 9 nitrogen and oxygen atoms in total. The number of aromatic nitrogens is 5. The van der Waals surface area contributed by atoms with Crippen LogP contribution in [0.3, 0.4) is 0 Å². The number of nitrogens with zero attached hydrogens (tertiary/aromatic N) is 4. The minimum Gasteiger partial charge on any atom is -0.302 e. The third kappa shape index (κ3) is 2.61. The smallest absolute Gasteiger partial charge is 0.302 e. The maximum absolute atomic E-state index is 13.4. The molecule has 3 aromatic rings. The highest BCUT2D eigenvalue weighted by molar-refractivity contribution is 5.56. The monoisotopic (exact) mass is 359 g/mol. The summed E-state index contributed by atoms with van der Waals surface area (Å²) in [4.78, 5) is 49.4. The van der Waals surface area contributed by atoms with Gasteiger partial charge >= 0.3 is 11.2 Å². The summed E-state index contributed by atoms with van der Waals surface area (Å²) in [6.45, 7) is 1.54. The second-order valence-corrected chi connectivity index (χ2v) is 5.71. The highest BCUT2D eigenvalue weighted by Crippen LogP contribution is 2.13. The lowest BCUT2D eigenvalue weighted by Crippen LogP contribution is -2.42. The second kappa shape index (κ2) is 6.06. The summed E-state index contributed by atoms with van der Waals surface area (Å²) >= 11 is 0. The average molecular weight is 359 g/mol. The summed E-state index contributed by atoms with van der Waals surface area (Å²) in [7, 11) is 2.65. The van der Waals surface area contributed by atoms with Crippen molar-refractivity contribution in [3.05, 3.63) is 77.2 Å². The standard InChI is InChI=1S/C16H14FN5O4/c1-8-6-9(17)4-5-11(8)22-14(24)12(19-21(3)16(22)26)10-7-18-20(2)15(25)13(10)23/h4-7,18H,1-3H3. The molecule has 0 atom stereocenters. The molecule has 134 valence electrons. The van der Waals surface area contributed by atoms with Crippen molar-refractivity contribution in [3.63, 3.8) is 0 Å². The van der Waals surface area contributed by atoms with Crippen molar-refractivity contribution in [3.8, 4) is 16.9 Å². The number of hydrogen-bond acceptors (Lipinski definition) is 5. The Kier molecular flexibility index (Phi) is 4.03. The summed E-state index contributed by atoms with van der Waals surface area (Å²) in [5, 5.41) is 6.36. The predicted octanol–water partition coefficient (Wildman–Crippen LogP) is -0.567. The zero-order valence-electron chi connectivity index (χ0n) is 14.1. The van der Waals surface area contributed by atoms with Crippen LogP contribution in [0.4, 0.5) is 4.39 Å². The van der Waals surface area contributed by atoms with Gasteiger partial charge in [0.25, 0.3) is 11.0 Å². The molecule has 2 heterocycles. The molecule has 1 N–H and O–H groups in total. The van der Waals surface area contributed by atoms with E-state index in [1.165, 1.54) is 39.3 Å². The third-order valence-corrected chi connectivity index (χ3v) is 3.92. The van der Waals surface area contributed by atoms with Gasteiger partial charge in [-0.1, -0.05) is 0 Å². The highest BCUT2D eigenvalue weighted by atomic mass is 19.1. The largest absolute Gasteiger partial charge is 0.351 e. The lowest BCUT2D eigenvalue weighted by Gasteiger charge is -2.11. The molecule has 0 radical (unpaired) electrons. The normalized spacial score (nSPS) is 10.9. The van der Waals surface area contributed by atoms with Gasteiger partial charge in [0.2, 0.25) is 0 Å². The second-order valence-electron chi connectivity index (χ2n) is 5.71. The molecule has 0 aliphatic rings. The maximum atomic E-state index is 13.4. The molecule has 0 aliphatic carbocycles. The van der Waals surface area contributed by atoms with Gasteiger partial charge in [-0.05, 0) is 30.7 Å². The Morgan fingerprint density at radius 2 is 1.77 bits per heavy atom. The minimum atomic E-state index is -0.933. The number of H-pyrrole nitrogens is 1. The lowest BCUT2D eigenvalue weighted by molar-refractivity contribution is 0.619. The van der Waals surface area contributed by atoms with E-state index < -0.39 is 28.1 Å². The number of halogens is 1. The van der Waals surface area contributed by atoms with Crippen LogP contribution in [0.1, 0.15) is 5.56 Å². The van der Waals surface area contributed by atoms with Crippen LogP contribution in [0.25, 0.3) is 16.9 Å². The molecule has 3 rings (SSSR count). The van der Waals surface area contributed by atoms with Crippen molar-refractivity contribution in [2.45, 2.75) is 6.92 Å². The van der Waals surface area contributed by atoms with Gasteiger partial charge in [-0.3, -0.25) is 19.1 Å². The molecule has 0 amide bonds. The van der Waals surface area contributed by atoms with Crippen LogP contribution >= 0.6 is 0 Å². The summed E-state index contributed by atoms with van der Waals surface area (Å²) in [6, 6.07) is 3.57. The summed E-state index contributed by atoms with van der Waals surface area (Å²) in [5.41, 5.74) is -3.59. The molecule has 10 heteroatoms. The van der Waals surface area contributed by atoms with Crippen molar-refractivity contribution < 1.29 is 4.39 Å². The van der Waals surface area contributed by atoms with Crippen molar-refractivity contribution in [1.29, 1.82) is 0 Å². The van der Waals surface area contributed by atoms with Crippen molar-refractivity contribution in [2.24, 2.45) is 14.1 Å². The fourth-order valence-electron chi connectivity index (χ4n) is 2.55. The van der Waals surface area contributed by atoms with Crippen LogP contribution in [0, 0.1) is 12.7 Å². The van der Waals surface area contributed by atoms with E-state index in [1.54, 1.807) is 0 Å². The van der Waals surface area contributed by atoms with Gasteiger partial charge in [0.05, 0.1) is 11.3 Å². The Morgan fingerprint density at radius 3 is 2.42 bits per heavy atom. The van der Waals surface area contributed by atoms with Gasteiger partial charge in [0, 0.05) is 20.3 Å². The molecule has 0 aliphatic heterocycles. The highest BCUT2D eigenvalue weighted by Gasteiger charge is 2.19. The van der Waals surface area contributed by atoms with E-state index in [0.717, 1.165) is 20.0 Å². The summed E-state index contributed by atoms with van der Waals surface area (Å²) in [6.07, 6.45) is 1.17. The first-order chi connectivity index (χ1) is 12.2. The van der Waals surface area contributed by atoms with Crippen molar-refractivity contribution in [1.82, 2.24) is 24.1 Å². The van der Waals surface area contributed by atoms with E-state index in [2.05, 4.69) is 10.2 Å². The molecule has 0 saturated heterocycles. The zero-order chi connectivity index (χ0) is 19.2. The number of benzene rings is 1. The van der Waals surface area contributed by atoms with Gasteiger partial charge in [-0.2, -0.15) is 5.10 Å². The quantitative estimate of drug-likeness (QED) is 0.616. The molecule has 0 unspecified atom stereocenters. The molecule has 26 heavy (non-hydrogen) atoms. The van der Waals surface area contributed by atoms with Crippen LogP contribution in [0.15, 0.2) is 43.6 Å². The van der Waals surface area contributed by atoms with E-state index in [-0.39, 0.29) is 16.9 Å². The Labute approximate surface area is 144 Å². The summed E-state index contributed by atoms with van der Waals surface area (Å²) < 4.78 is 16.0. The Morgan fingerprint density at radius 1 is 1.08 bits per heavy atom. The van der Waals surface area contributed by atoms with E-state index in [0.29, 0.717) is 5.56 Å². The number of rotatable bonds is 2. The van der Waals surface area contributed by atoms with E-state index >= 15 is 0 Å². The van der Waals surface area contributed by atoms with Crippen molar-refractivity contribution in [2.75, 3.05) is 0 Å². The van der Waals surface area contributed by atoms with Gasteiger partial charge in [0.1, 0.15) is 5.82 Å². The zero-order valence-corrected chi connectivity index (χ0v) is 14.1. The molecule has 0 saturated carbocycles. The molecule has 1 aromatic carbocycles. The van der Waals surface area contributed by atoms with E-state index in [9.17, 15) is 23.6 Å². The topological polar surface area (TPSA) is 112 Å². The van der Waals surface area contributed by atoms with Gasteiger partial charge in [-0.25, -0.2) is 18.4 Å². The van der Waals surface area contributed by atoms with Crippen LogP contribution in [0.5, 0.6) is 0 Å². The summed E-state index contributed by atoms with van der Waals surface area (Å²) in [5.74, 6) is -0.520. The molecule has 2 aromatic heterocycles. The van der Waals surface area contributed by atoms with E-state index in [1.807, 2.05) is 0 Å². The average Bonchev–Trinajstić information content (AvgIpc) is 2.58. The SMILES string of the molecule is Cc1cc(F)ccc1-n1c(=O)c(-c2c[nH]n(C)c(=O)c2=O)nn(C)c1=O. The first kappa shape index (κ1) is 17.3. The van der Waals surface area contributed by atoms with Gasteiger partial charge in [-0.15, -0.1) is 0 Å². The fraction of sp³-hybridized carbons (Fsp3) is 0.188. The molecular weight excluding hydrogens is 345 g/mol. The van der Waals surface area contributed by atoms with Crippen LogP contribution in [-0.2, 0) is 14.1 Å². The third-order valence-electron chi connectivity index (χ3n) is 3.92. The first-order valence-electron chi connectivity index (χ1n) is 7.48. The van der Waals surface area contributed by atoms with Crippen LogP contribution in [-0.4, -0.2) is 24.1 Å². The molecule has 0 fully saturated rings. The predicted molar refractivity (Wildman–Crippen MR) is 91.1 cm³/mol. The first-order valence-corrected chi connectivity index (χ1v) is 7.48. The lowest BCUT2D eigenvalue weighted by atomic mass is 10.2. The van der Waals surface area contributed by atoms with E-state index in [4.69, 9.17) is 0 Å². The number of aryl methyl sites for hydroxylation is 3. The molecular formula is C16H14FN5O4. The van der Waals surface area contributed by atoms with Crippen LogP contribution < -0.4 is 22.2 Å². The Balaban J connectivity index is 2.43. The number of aromatic amines is 1. The van der Waals surface area contributed by atoms with Crippen molar-refractivity contribution >= 4 is 0 Å². The van der Waals surface area contributed by atoms with Gasteiger partial charge in [0.15, 0.2) is 5.69 Å². The Hall–Kier alpha value is -3.56. The van der Waals surface area contributed by atoms with Crippen LogP contribution in [0.2, 0.25) is 0 Å². The maximum Gasteiger partial charge on any atom is 0.351 e. The fourth-order valence-corrected chi connectivity index (χ4v) is 2.55. The molecule has 0 spiro atoms. The number of hydrogen-bond donors (Lipinski definition) is 1. The minimum absolute atomic E-state index is 0.154. The van der Waals surface area contributed by atoms with Gasteiger partial charge < -0.3 is 5.10 Å².